The fourth-order valence-corrected chi connectivity index (χ4v) is 10.3. The van der Waals surface area contributed by atoms with Crippen LogP contribution in [0, 0.1) is 63.6 Å². The Bertz CT molecular complexity index is 771. The van der Waals surface area contributed by atoms with Gasteiger partial charge in [-0.05, 0) is 115 Å². The summed E-state index contributed by atoms with van der Waals surface area (Å²) in [4.78, 5) is 0. The van der Waals surface area contributed by atoms with Gasteiger partial charge in [0.05, 0.1) is 12.2 Å². The standard InChI is InChI=1S/C30H50O2/c1-17(2)19(4)30(7)16-25(30)18(3)22-8-9-23-27-24(11-13-29(22,23)6)28(5)12-10-21(31)14-20(28)15-26(27)32/h15,17-19,21-27,31-32H,8-14,16H2,1-7H3/t18-,19+,21-,22+,23-,24-,25+,26-,27-,28-,29+,30+/m0/s1. The molecule has 2 nitrogen and oxygen atoms in total. The van der Waals surface area contributed by atoms with Crippen LogP contribution >= 0.6 is 0 Å². The van der Waals surface area contributed by atoms with Crippen LogP contribution in [0.15, 0.2) is 11.6 Å². The van der Waals surface area contributed by atoms with Crippen molar-refractivity contribution >= 4 is 0 Å². The Morgan fingerprint density at radius 1 is 0.875 bits per heavy atom. The minimum absolute atomic E-state index is 0.204. The zero-order valence-corrected chi connectivity index (χ0v) is 21.9. The van der Waals surface area contributed by atoms with Crippen LogP contribution in [0.2, 0.25) is 0 Å². The van der Waals surface area contributed by atoms with Crippen LogP contribution in [-0.4, -0.2) is 22.4 Å². The molecule has 0 amide bonds. The molecule has 5 aliphatic rings. The predicted octanol–water partition coefficient (Wildman–Crippen LogP) is 6.85. The van der Waals surface area contributed by atoms with Gasteiger partial charge in [0, 0.05) is 0 Å². The Labute approximate surface area is 197 Å². The van der Waals surface area contributed by atoms with Gasteiger partial charge in [-0.3, -0.25) is 0 Å². The fraction of sp³-hybridized carbons (Fsp3) is 0.933. The third kappa shape index (κ3) is 3.17. The number of aliphatic hydroxyl groups is 2. The molecule has 5 aliphatic carbocycles. The maximum absolute atomic E-state index is 11.4. The first-order valence-corrected chi connectivity index (χ1v) is 14.0. The number of rotatable bonds is 4. The van der Waals surface area contributed by atoms with E-state index in [0.717, 1.165) is 48.9 Å². The second-order valence-corrected chi connectivity index (χ2v) is 14.2. The van der Waals surface area contributed by atoms with Crippen molar-refractivity contribution in [1.29, 1.82) is 0 Å². The van der Waals surface area contributed by atoms with Gasteiger partial charge in [0.15, 0.2) is 0 Å². The average Bonchev–Trinajstić information content (AvgIpc) is 3.30. The molecule has 0 aromatic heterocycles. The number of hydrogen-bond donors (Lipinski definition) is 2. The lowest BCUT2D eigenvalue weighted by Gasteiger charge is -2.59. The first-order chi connectivity index (χ1) is 14.9. The molecule has 5 rings (SSSR count). The average molecular weight is 443 g/mol. The molecule has 0 aromatic carbocycles. The zero-order chi connectivity index (χ0) is 23.2. The molecule has 2 N–H and O–H groups in total. The highest BCUT2D eigenvalue weighted by molar-refractivity contribution is 5.28. The maximum atomic E-state index is 11.4. The van der Waals surface area contributed by atoms with Gasteiger partial charge in [-0.15, -0.1) is 0 Å². The van der Waals surface area contributed by atoms with E-state index >= 15 is 0 Å². The molecule has 0 radical (unpaired) electrons. The van der Waals surface area contributed by atoms with Crippen LogP contribution < -0.4 is 0 Å². The first kappa shape index (κ1) is 23.4. The van der Waals surface area contributed by atoms with Gasteiger partial charge in [0.2, 0.25) is 0 Å². The molecule has 4 saturated carbocycles. The highest BCUT2D eigenvalue weighted by atomic mass is 16.3. The van der Waals surface area contributed by atoms with Gasteiger partial charge in [-0.25, -0.2) is 0 Å². The van der Waals surface area contributed by atoms with Gasteiger partial charge in [0.1, 0.15) is 0 Å². The molecule has 0 aromatic rings. The van der Waals surface area contributed by atoms with E-state index in [1.54, 1.807) is 0 Å². The molecule has 0 aliphatic heterocycles. The van der Waals surface area contributed by atoms with Crippen LogP contribution in [0.5, 0.6) is 0 Å². The zero-order valence-electron chi connectivity index (χ0n) is 21.9. The molecule has 0 heterocycles. The molecule has 0 bridgehead atoms. The topological polar surface area (TPSA) is 40.5 Å². The minimum Gasteiger partial charge on any atom is -0.393 e. The van der Waals surface area contributed by atoms with Gasteiger partial charge < -0.3 is 10.2 Å². The summed E-state index contributed by atoms with van der Waals surface area (Å²) < 4.78 is 0. The van der Waals surface area contributed by atoms with Crippen LogP contribution in [0.4, 0.5) is 0 Å². The summed E-state index contributed by atoms with van der Waals surface area (Å²) in [7, 11) is 0. The minimum atomic E-state index is -0.306. The van der Waals surface area contributed by atoms with E-state index in [2.05, 4.69) is 54.5 Å². The monoisotopic (exact) mass is 442 g/mol. The van der Waals surface area contributed by atoms with E-state index in [9.17, 15) is 10.2 Å². The highest BCUT2D eigenvalue weighted by Crippen LogP contribution is 2.71. The van der Waals surface area contributed by atoms with E-state index < -0.39 is 0 Å². The summed E-state index contributed by atoms with van der Waals surface area (Å²) in [5.74, 6) is 5.78. The van der Waals surface area contributed by atoms with Crippen molar-refractivity contribution in [1.82, 2.24) is 0 Å². The lowest BCUT2D eigenvalue weighted by Crippen LogP contribution is -2.55. The van der Waals surface area contributed by atoms with Gasteiger partial charge in [0.25, 0.3) is 0 Å². The summed E-state index contributed by atoms with van der Waals surface area (Å²) in [5, 5.41) is 21.7. The smallest absolute Gasteiger partial charge is 0.0757 e. The van der Waals surface area contributed by atoms with Crippen molar-refractivity contribution in [3.05, 3.63) is 11.6 Å². The molecule has 0 saturated heterocycles. The van der Waals surface area contributed by atoms with E-state index in [1.165, 1.54) is 37.7 Å². The molecular formula is C30H50O2. The van der Waals surface area contributed by atoms with E-state index in [4.69, 9.17) is 0 Å². The Hall–Kier alpha value is -0.340. The molecule has 12 atom stereocenters. The van der Waals surface area contributed by atoms with Crippen molar-refractivity contribution in [3.63, 3.8) is 0 Å². The molecule has 32 heavy (non-hydrogen) atoms. The summed E-state index contributed by atoms with van der Waals surface area (Å²) in [6.45, 7) is 17.5. The molecule has 182 valence electrons. The normalized spacial score (nSPS) is 54.3. The fourth-order valence-electron chi connectivity index (χ4n) is 10.3. The van der Waals surface area contributed by atoms with Crippen LogP contribution in [0.3, 0.4) is 0 Å². The Balaban J connectivity index is 1.38. The van der Waals surface area contributed by atoms with E-state index in [0.29, 0.717) is 28.6 Å². The molecule has 4 fully saturated rings. The largest absolute Gasteiger partial charge is 0.393 e. The van der Waals surface area contributed by atoms with Crippen molar-refractivity contribution in [2.75, 3.05) is 0 Å². The Morgan fingerprint density at radius 3 is 2.28 bits per heavy atom. The lowest BCUT2D eigenvalue weighted by molar-refractivity contribution is -0.0982. The molecule has 2 heteroatoms. The summed E-state index contributed by atoms with van der Waals surface area (Å²) in [6.07, 6.45) is 11.2. The summed E-state index contributed by atoms with van der Waals surface area (Å²) >= 11 is 0. The highest BCUT2D eigenvalue weighted by Gasteiger charge is 2.64. The number of aliphatic hydroxyl groups excluding tert-OH is 2. The van der Waals surface area contributed by atoms with Crippen molar-refractivity contribution < 1.29 is 10.2 Å². The maximum Gasteiger partial charge on any atom is 0.0757 e. The quantitative estimate of drug-likeness (QED) is 0.467. The van der Waals surface area contributed by atoms with Crippen molar-refractivity contribution in [2.24, 2.45) is 63.6 Å². The van der Waals surface area contributed by atoms with Crippen molar-refractivity contribution in [2.45, 2.75) is 112 Å². The summed E-state index contributed by atoms with van der Waals surface area (Å²) in [5.41, 5.74) is 2.50. The number of hydrogen-bond acceptors (Lipinski definition) is 2. The number of fused-ring (bicyclic) bond motifs is 5. The Kier molecular flexibility index (Phi) is 5.54. The Morgan fingerprint density at radius 2 is 1.59 bits per heavy atom. The van der Waals surface area contributed by atoms with Crippen molar-refractivity contribution in [3.8, 4) is 0 Å². The predicted molar refractivity (Wildman–Crippen MR) is 132 cm³/mol. The van der Waals surface area contributed by atoms with Gasteiger partial charge in [-0.2, -0.15) is 0 Å². The van der Waals surface area contributed by atoms with Crippen LogP contribution in [0.1, 0.15) is 99.8 Å². The molecule has 0 unspecified atom stereocenters. The second kappa shape index (κ2) is 7.58. The van der Waals surface area contributed by atoms with Gasteiger partial charge in [-0.1, -0.05) is 60.1 Å². The van der Waals surface area contributed by atoms with Gasteiger partial charge >= 0.3 is 0 Å². The lowest BCUT2D eigenvalue weighted by atomic mass is 9.46. The second-order valence-electron chi connectivity index (χ2n) is 14.2. The molecular weight excluding hydrogens is 392 g/mol. The summed E-state index contributed by atoms with van der Waals surface area (Å²) in [6, 6.07) is 0. The third-order valence-corrected chi connectivity index (χ3v) is 12.8. The molecule has 0 spiro atoms. The van der Waals surface area contributed by atoms with E-state index in [-0.39, 0.29) is 17.6 Å². The SMILES string of the molecule is CC(C)[C@@H](C)[C@@]1(C)C[C@@H]1[C@@H](C)[C@H]1CC[C@H]2[C@@H]3[C@@H](O)C=C4C[C@@H](O)CC[C@]4(C)[C@H]3CC[C@]12C. The van der Waals surface area contributed by atoms with E-state index in [1.807, 2.05) is 0 Å². The third-order valence-electron chi connectivity index (χ3n) is 12.8. The van der Waals surface area contributed by atoms with Crippen LogP contribution in [0.25, 0.3) is 0 Å². The van der Waals surface area contributed by atoms with Crippen LogP contribution in [-0.2, 0) is 0 Å². The first-order valence-electron chi connectivity index (χ1n) is 14.0.